The molecular weight excluding hydrogens is 360 g/mol. The minimum atomic E-state index is -0.418. The Morgan fingerprint density at radius 2 is 2.16 bits per heavy atom. The highest BCUT2D eigenvalue weighted by Crippen LogP contribution is 2.32. The molecule has 2 rings (SSSR count). The van der Waals surface area contributed by atoms with E-state index in [0.29, 0.717) is 16.3 Å². The second-order valence-corrected chi connectivity index (χ2v) is 6.63. The van der Waals surface area contributed by atoms with Crippen LogP contribution < -0.4 is 10.6 Å². The molecule has 0 aliphatic heterocycles. The Morgan fingerprint density at radius 1 is 1.40 bits per heavy atom. The Hall–Kier alpha value is -2.45. The molecule has 0 spiro atoms. The molecule has 0 saturated carbocycles. The number of amides is 1. The summed E-state index contributed by atoms with van der Waals surface area (Å²) in [6, 6.07) is 3.45. The van der Waals surface area contributed by atoms with E-state index in [-0.39, 0.29) is 11.7 Å². The molecule has 0 aromatic carbocycles. The maximum atomic E-state index is 12.1. The fraction of sp³-hybridized carbons (Fsp3) is 0.235. The van der Waals surface area contributed by atoms with Gasteiger partial charge in [-0.15, -0.1) is 11.3 Å². The number of rotatable bonds is 5. The van der Waals surface area contributed by atoms with Crippen LogP contribution in [-0.2, 0) is 9.53 Å². The fourth-order valence-corrected chi connectivity index (χ4v) is 3.32. The normalized spacial score (nSPS) is 10.7. The first-order chi connectivity index (χ1) is 11.9. The summed E-state index contributed by atoms with van der Waals surface area (Å²) in [4.78, 5) is 25.0. The van der Waals surface area contributed by atoms with Crippen LogP contribution in [0.25, 0.3) is 6.08 Å². The molecule has 6 nitrogen and oxygen atoms in total. The lowest BCUT2D eigenvalue weighted by Gasteiger charge is -2.09. The minimum Gasteiger partial charge on any atom is -0.465 e. The topological polar surface area (TPSA) is 80.6 Å². The molecule has 0 radical (unpaired) electrons. The Labute approximate surface area is 154 Å². The molecule has 2 aromatic heterocycles. The number of thiophene rings is 1. The van der Waals surface area contributed by atoms with Crippen LogP contribution in [0.5, 0.6) is 0 Å². The molecule has 0 aliphatic rings. The van der Waals surface area contributed by atoms with Gasteiger partial charge in [-0.2, -0.15) is 0 Å². The standard InChI is InChI=1S/C17H18N2O4S2/c1-4-22-16(21)14-10(2)11(3)25-15(14)19-17(24)18-13(20)8-7-12-6-5-9-23-12/h5-9H,4H2,1-3H3,(H2,18,19,20,24). The van der Waals surface area contributed by atoms with Gasteiger partial charge in [0.05, 0.1) is 18.4 Å². The smallest absolute Gasteiger partial charge is 0.341 e. The fourth-order valence-electron chi connectivity index (χ4n) is 2.00. The molecule has 2 aromatic rings. The highest BCUT2D eigenvalue weighted by atomic mass is 32.1. The third kappa shape index (κ3) is 5.01. The highest BCUT2D eigenvalue weighted by molar-refractivity contribution is 7.80. The molecule has 0 unspecified atom stereocenters. The number of hydrogen-bond acceptors (Lipinski definition) is 6. The van der Waals surface area contributed by atoms with Crippen LogP contribution >= 0.6 is 23.6 Å². The lowest BCUT2D eigenvalue weighted by Crippen LogP contribution is -2.33. The predicted molar refractivity (Wildman–Crippen MR) is 102 cm³/mol. The van der Waals surface area contributed by atoms with E-state index in [1.165, 1.54) is 29.8 Å². The zero-order chi connectivity index (χ0) is 18.4. The van der Waals surface area contributed by atoms with Gasteiger partial charge in [-0.3, -0.25) is 10.1 Å². The molecule has 132 valence electrons. The number of carbonyl (C=O) groups is 2. The van der Waals surface area contributed by atoms with Gasteiger partial charge in [0.15, 0.2) is 5.11 Å². The van der Waals surface area contributed by atoms with Crippen molar-refractivity contribution in [1.29, 1.82) is 0 Å². The molecule has 2 heterocycles. The maximum Gasteiger partial charge on any atom is 0.341 e. The van der Waals surface area contributed by atoms with Crippen LogP contribution in [-0.4, -0.2) is 23.6 Å². The van der Waals surface area contributed by atoms with Crippen LogP contribution in [0.1, 0.15) is 33.5 Å². The SMILES string of the molecule is CCOC(=O)c1c(NC(=S)NC(=O)C=Cc2ccco2)sc(C)c1C. The van der Waals surface area contributed by atoms with Crippen molar-refractivity contribution in [2.24, 2.45) is 0 Å². The summed E-state index contributed by atoms with van der Waals surface area (Å²) in [5.74, 6) is -0.265. The van der Waals surface area contributed by atoms with Crippen molar-refractivity contribution in [2.75, 3.05) is 11.9 Å². The van der Waals surface area contributed by atoms with Crippen molar-refractivity contribution in [3.8, 4) is 0 Å². The molecule has 2 N–H and O–H groups in total. The second kappa shape index (κ2) is 8.59. The number of thiocarbonyl (C=S) groups is 1. The zero-order valence-electron chi connectivity index (χ0n) is 14.0. The Bertz CT molecular complexity index is 807. The molecule has 0 fully saturated rings. The molecule has 0 aliphatic carbocycles. The van der Waals surface area contributed by atoms with E-state index in [9.17, 15) is 9.59 Å². The third-order valence-electron chi connectivity index (χ3n) is 3.27. The van der Waals surface area contributed by atoms with E-state index < -0.39 is 11.9 Å². The van der Waals surface area contributed by atoms with Gasteiger partial charge < -0.3 is 14.5 Å². The zero-order valence-corrected chi connectivity index (χ0v) is 15.7. The van der Waals surface area contributed by atoms with Crippen LogP contribution in [0, 0.1) is 13.8 Å². The van der Waals surface area contributed by atoms with E-state index in [1.54, 1.807) is 19.1 Å². The Morgan fingerprint density at radius 3 is 2.80 bits per heavy atom. The number of ether oxygens (including phenoxy) is 1. The molecular formula is C17H18N2O4S2. The highest BCUT2D eigenvalue weighted by Gasteiger charge is 2.21. The van der Waals surface area contributed by atoms with E-state index >= 15 is 0 Å². The number of anilines is 1. The van der Waals surface area contributed by atoms with Crippen LogP contribution in [0.2, 0.25) is 0 Å². The quantitative estimate of drug-likeness (QED) is 0.469. The summed E-state index contributed by atoms with van der Waals surface area (Å²) in [7, 11) is 0. The second-order valence-electron chi connectivity index (χ2n) is 5.00. The Balaban J connectivity index is 2.04. The first-order valence-electron chi connectivity index (χ1n) is 7.53. The van der Waals surface area contributed by atoms with Gasteiger partial charge in [-0.05, 0) is 56.8 Å². The molecule has 8 heteroatoms. The van der Waals surface area contributed by atoms with Crippen molar-refractivity contribution in [3.63, 3.8) is 0 Å². The summed E-state index contributed by atoms with van der Waals surface area (Å²) in [5, 5.41) is 6.07. The van der Waals surface area contributed by atoms with Gasteiger partial charge >= 0.3 is 5.97 Å². The Kier molecular flexibility index (Phi) is 6.49. The number of hydrogen-bond donors (Lipinski definition) is 2. The van der Waals surface area contributed by atoms with E-state index in [1.807, 2.05) is 13.8 Å². The molecule has 0 bridgehead atoms. The number of nitrogens with one attached hydrogen (secondary N) is 2. The molecule has 0 saturated heterocycles. The number of furan rings is 1. The average molecular weight is 378 g/mol. The molecule has 0 atom stereocenters. The van der Waals surface area contributed by atoms with Gasteiger partial charge in [0.1, 0.15) is 10.8 Å². The first-order valence-corrected chi connectivity index (χ1v) is 8.75. The number of carbonyl (C=O) groups excluding carboxylic acids is 2. The van der Waals surface area contributed by atoms with Gasteiger partial charge in [-0.25, -0.2) is 4.79 Å². The molecule has 25 heavy (non-hydrogen) atoms. The average Bonchev–Trinajstić information content (AvgIpc) is 3.14. The van der Waals surface area contributed by atoms with E-state index in [0.717, 1.165) is 10.4 Å². The summed E-state index contributed by atoms with van der Waals surface area (Å²) in [6.07, 6.45) is 4.35. The van der Waals surface area contributed by atoms with Gasteiger partial charge in [0.25, 0.3) is 0 Å². The first kappa shape index (κ1) is 18.9. The van der Waals surface area contributed by atoms with Crippen LogP contribution in [0.3, 0.4) is 0 Å². The summed E-state index contributed by atoms with van der Waals surface area (Å²) >= 11 is 6.52. The van der Waals surface area contributed by atoms with Gasteiger partial charge in [0, 0.05) is 11.0 Å². The van der Waals surface area contributed by atoms with Crippen molar-refractivity contribution in [3.05, 3.63) is 46.2 Å². The summed E-state index contributed by atoms with van der Waals surface area (Å²) in [5.41, 5.74) is 1.27. The minimum absolute atomic E-state index is 0.0980. The van der Waals surface area contributed by atoms with Crippen molar-refractivity contribution in [2.45, 2.75) is 20.8 Å². The predicted octanol–water partition coefficient (Wildman–Crippen LogP) is 3.66. The van der Waals surface area contributed by atoms with Crippen molar-refractivity contribution >= 4 is 51.6 Å². The summed E-state index contributed by atoms with van der Waals surface area (Å²) in [6.45, 7) is 5.78. The van der Waals surface area contributed by atoms with Crippen LogP contribution in [0.15, 0.2) is 28.9 Å². The van der Waals surface area contributed by atoms with E-state index in [2.05, 4.69) is 10.6 Å². The lowest BCUT2D eigenvalue weighted by atomic mass is 10.1. The number of aryl methyl sites for hydroxylation is 1. The van der Waals surface area contributed by atoms with Gasteiger partial charge in [0.2, 0.25) is 5.91 Å². The van der Waals surface area contributed by atoms with E-state index in [4.69, 9.17) is 21.4 Å². The van der Waals surface area contributed by atoms with Crippen LogP contribution in [0.4, 0.5) is 5.00 Å². The number of esters is 1. The maximum absolute atomic E-state index is 12.1. The van der Waals surface area contributed by atoms with Crippen molar-refractivity contribution < 1.29 is 18.7 Å². The largest absolute Gasteiger partial charge is 0.465 e. The van der Waals surface area contributed by atoms with Gasteiger partial charge in [-0.1, -0.05) is 0 Å². The van der Waals surface area contributed by atoms with Crippen molar-refractivity contribution in [1.82, 2.24) is 5.32 Å². The summed E-state index contributed by atoms with van der Waals surface area (Å²) < 4.78 is 10.2. The third-order valence-corrected chi connectivity index (χ3v) is 4.60. The lowest BCUT2D eigenvalue weighted by molar-refractivity contribution is -0.115. The monoisotopic (exact) mass is 378 g/mol. The molecule has 1 amide bonds.